The number of benzene rings is 1. The number of nitrogens with one attached hydrogen (secondary N) is 1. The van der Waals surface area contributed by atoms with E-state index in [-0.39, 0.29) is 13.0 Å². The molecule has 0 amide bonds. The van der Waals surface area contributed by atoms with Gasteiger partial charge in [-0.1, -0.05) is 18.2 Å². The molecule has 1 atom stereocenters. The molecule has 0 saturated carbocycles. The first kappa shape index (κ1) is 12.6. The van der Waals surface area contributed by atoms with Gasteiger partial charge in [-0.25, -0.2) is 0 Å². The molecule has 1 aromatic carbocycles. The van der Waals surface area contributed by atoms with Crippen molar-refractivity contribution in [1.29, 1.82) is 0 Å². The maximum absolute atomic E-state index is 11.5. The van der Waals surface area contributed by atoms with Gasteiger partial charge in [0.2, 0.25) is 0 Å². The van der Waals surface area contributed by atoms with E-state index in [0.717, 1.165) is 16.5 Å². The second-order valence-corrected chi connectivity index (χ2v) is 4.06. The zero-order chi connectivity index (χ0) is 13.0. The number of para-hydroxylation sites is 1. The molecule has 1 aromatic heterocycles. The van der Waals surface area contributed by atoms with Crippen LogP contribution in [0.4, 0.5) is 0 Å². The fourth-order valence-electron chi connectivity index (χ4n) is 1.73. The summed E-state index contributed by atoms with van der Waals surface area (Å²) in [5.41, 5.74) is 1.82. The quantitative estimate of drug-likeness (QED) is 0.678. The number of carbonyl (C=O) groups is 1. The van der Waals surface area contributed by atoms with Crippen LogP contribution in [-0.4, -0.2) is 40.5 Å². The number of hydrogen-bond acceptors (Lipinski definition) is 4. The van der Waals surface area contributed by atoms with E-state index >= 15 is 0 Å². The third-order valence-electron chi connectivity index (χ3n) is 2.66. The largest absolute Gasteiger partial charge is 0.463 e. The number of H-pyrrole nitrogens is 1. The number of rotatable bonds is 5. The molecule has 0 spiro atoms. The molecule has 0 unspecified atom stereocenters. The van der Waals surface area contributed by atoms with Crippen LogP contribution in [-0.2, 0) is 16.0 Å². The lowest BCUT2D eigenvalue weighted by atomic mass is 10.1. The van der Waals surface area contributed by atoms with Crippen molar-refractivity contribution < 1.29 is 19.7 Å². The Morgan fingerprint density at radius 3 is 2.94 bits per heavy atom. The number of aromatic nitrogens is 1. The lowest BCUT2D eigenvalue weighted by molar-refractivity contribution is -0.146. The molecule has 3 N–H and O–H groups in total. The highest BCUT2D eigenvalue weighted by Gasteiger charge is 2.11. The fourth-order valence-corrected chi connectivity index (χ4v) is 1.73. The standard InChI is InChI=1S/C13H15NO4/c15-7-10(16)8-18-13(17)5-9-6-14-12-4-2-1-3-11(9)12/h1-4,6,10,14-16H,5,7-8H2/t10-/m1/s1. The summed E-state index contributed by atoms with van der Waals surface area (Å²) in [5, 5.41) is 18.7. The Balaban J connectivity index is 1.99. The van der Waals surface area contributed by atoms with Gasteiger partial charge in [0.15, 0.2) is 0 Å². The van der Waals surface area contributed by atoms with Gasteiger partial charge in [-0.15, -0.1) is 0 Å². The highest BCUT2D eigenvalue weighted by molar-refractivity contribution is 5.87. The van der Waals surface area contributed by atoms with Gasteiger partial charge in [-0.3, -0.25) is 4.79 Å². The molecule has 5 heteroatoms. The molecule has 0 radical (unpaired) electrons. The van der Waals surface area contributed by atoms with Crippen molar-refractivity contribution in [2.24, 2.45) is 0 Å². The van der Waals surface area contributed by atoms with Crippen molar-refractivity contribution in [2.75, 3.05) is 13.2 Å². The highest BCUT2D eigenvalue weighted by Crippen LogP contribution is 2.18. The molecule has 96 valence electrons. The molecule has 0 aliphatic rings. The SMILES string of the molecule is O=C(Cc1c[nH]c2ccccc12)OC[C@H](O)CO. The average Bonchev–Trinajstić information content (AvgIpc) is 2.79. The number of hydrogen-bond donors (Lipinski definition) is 3. The minimum Gasteiger partial charge on any atom is -0.463 e. The van der Waals surface area contributed by atoms with Gasteiger partial charge in [0.1, 0.15) is 12.7 Å². The third-order valence-corrected chi connectivity index (χ3v) is 2.66. The first-order valence-corrected chi connectivity index (χ1v) is 5.70. The summed E-state index contributed by atoms with van der Waals surface area (Å²) in [7, 11) is 0. The van der Waals surface area contributed by atoms with Crippen molar-refractivity contribution in [3.8, 4) is 0 Å². The molecule has 2 rings (SSSR count). The maximum atomic E-state index is 11.5. The summed E-state index contributed by atoms with van der Waals surface area (Å²) >= 11 is 0. The summed E-state index contributed by atoms with van der Waals surface area (Å²) in [5.74, 6) is -0.424. The summed E-state index contributed by atoms with van der Waals surface area (Å²) < 4.78 is 4.85. The molecular formula is C13H15NO4. The molecule has 0 saturated heterocycles. The third kappa shape index (κ3) is 2.88. The van der Waals surface area contributed by atoms with Gasteiger partial charge in [0.05, 0.1) is 13.0 Å². The smallest absolute Gasteiger partial charge is 0.310 e. The van der Waals surface area contributed by atoms with Crippen LogP contribution < -0.4 is 0 Å². The average molecular weight is 249 g/mol. The number of fused-ring (bicyclic) bond motifs is 1. The summed E-state index contributed by atoms with van der Waals surface area (Å²) in [4.78, 5) is 14.6. The maximum Gasteiger partial charge on any atom is 0.310 e. The van der Waals surface area contributed by atoms with Crippen molar-refractivity contribution >= 4 is 16.9 Å². The van der Waals surface area contributed by atoms with E-state index in [4.69, 9.17) is 14.9 Å². The minimum atomic E-state index is -1.02. The van der Waals surface area contributed by atoms with E-state index in [2.05, 4.69) is 4.98 Å². The normalized spacial score (nSPS) is 12.6. The number of esters is 1. The van der Waals surface area contributed by atoms with E-state index in [1.165, 1.54) is 0 Å². The Morgan fingerprint density at radius 1 is 1.39 bits per heavy atom. The zero-order valence-electron chi connectivity index (χ0n) is 9.80. The number of carbonyl (C=O) groups excluding carboxylic acids is 1. The van der Waals surface area contributed by atoms with Crippen LogP contribution in [0.25, 0.3) is 10.9 Å². The van der Waals surface area contributed by atoms with Gasteiger partial charge in [0, 0.05) is 17.1 Å². The molecule has 0 fully saturated rings. The van der Waals surface area contributed by atoms with Gasteiger partial charge in [-0.05, 0) is 11.6 Å². The Kier molecular flexibility index (Phi) is 3.96. The summed E-state index contributed by atoms with van der Waals surface area (Å²) in [6.45, 7) is -0.599. The van der Waals surface area contributed by atoms with Crippen molar-refractivity contribution in [1.82, 2.24) is 4.98 Å². The molecule has 0 bridgehead atoms. The number of aromatic amines is 1. The predicted molar refractivity (Wildman–Crippen MR) is 66.1 cm³/mol. The Labute approximate surface area is 104 Å². The molecule has 0 aliphatic carbocycles. The Bertz CT molecular complexity index is 535. The molecule has 1 heterocycles. The summed E-state index contributed by atoms with van der Waals surface area (Å²) in [6.07, 6.45) is 0.897. The lowest BCUT2D eigenvalue weighted by Crippen LogP contribution is -2.22. The number of aliphatic hydroxyl groups is 2. The summed E-state index contributed by atoms with van der Waals surface area (Å²) in [6, 6.07) is 7.68. The van der Waals surface area contributed by atoms with Gasteiger partial charge >= 0.3 is 5.97 Å². The topological polar surface area (TPSA) is 82.6 Å². The Hall–Kier alpha value is -1.85. The van der Waals surface area contributed by atoms with Crippen molar-refractivity contribution in [3.63, 3.8) is 0 Å². The second-order valence-electron chi connectivity index (χ2n) is 4.06. The first-order chi connectivity index (χ1) is 8.70. The monoisotopic (exact) mass is 249 g/mol. The predicted octanol–water partition coefficient (Wildman–Crippen LogP) is 0.607. The second kappa shape index (κ2) is 5.66. The molecule has 5 nitrogen and oxygen atoms in total. The van der Waals surface area contributed by atoms with Crippen LogP contribution in [0.15, 0.2) is 30.5 Å². The number of aliphatic hydroxyl groups excluding tert-OH is 2. The molecule has 0 aliphatic heterocycles. The van der Waals surface area contributed by atoms with Crippen LogP contribution in [0.5, 0.6) is 0 Å². The van der Waals surface area contributed by atoms with Crippen LogP contribution in [0.3, 0.4) is 0 Å². The first-order valence-electron chi connectivity index (χ1n) is 5.70. The number of ether oxygens (including phenoxy) is 1. The fraction of sp³-hybridized carbons (Fsp3) is 0.308. The van der Waals surface area contributed by atoms with E-state index in [0.29, 0.717) is 0 Å². The highest BCUT2D eigenvalue weighted by atomic mass is 16.5. The van der Waals surface area contributed by atoms with Crippen molar-refractivity contribution in [3.05, 3.63) is 36.0 Å². The van der Waals surface area contributed by atoms with E-state index in [1.54, 1.807) is 6.20 Å². The molecular weight excluding hydrogens is 234 g/mol. The molecule has 18 heavy (non-hydrogen) atoms. The Morgan fingerprint density at radius 2 is 2.17 bits per heavy atom. The van der Waals surface area contributed by atoms with Crippen LogP contribution in [0, 0.1) is 0 Å². The van der Waals surface area contributed by atoms with E-state index < -0.39 is 18.7 Å². The van der Waals surface area contributed by atoms with E-state index in [1.807, 2.05) is 24.3 Å². The van der Waals surface area contributed by atoms with Crippen molar-refractivity contribution in [2.45, 2.75) is 12.5 Å². The van der Waals surface area contributed by atoms with Gasteiger partial charge < -0.3 is 19.9 Å². The van der Waals surface area contributed by atoms with Gasteiger partial charge in [-0.2, -0.15) is 0 Å². The lowest BCUT2D eigenvalue weighted by Gasteiger charge is -2.07. The van der Waals surface area contributed by atoms with Gasteiger partial charge in [0.25, 0.3) is 0 Å². The van der Waals surface area contributed by atoms with Crippen LogP contribution in [0.2, 0.25) is 0 Å². The van der Waals surface area contributed by atoms with Crippen LogP contribution in [0.1, 0.15) is 5.56 Å². The zero-order valence-corrected chi connectivity index (χ0v) is 9.80. The molecule has 2 aromatic rings. The van der Waals surface area contributed by atoms with Crippen LogP contribution >= 0.6 is 0 Å². The van der Waals surface area contributed by atoms with E-state index in [9.17, 15) is 4.79 Å². The minimum absolute atomic E-state index is 0.141.